The zero-order valence-corrected chi connectivity index (χ0v) is 17.6. The molecule has 0 spiro atoms. The Morgan fingerprint density at radius 2 is 1.87 bits per heavy atom. The smallest absolute Gasteiger partial charge is 0.325 e. The van der Waals surface area contributed by atoms with Crippen molar-refractivity contribution in [2.45, 2.75) is 6.61 Å². The summed E-state index contributed by atoms with van der Waals surface area (Å²) in [5.41, 5.74) is 0.580. The van der Waals surface area contributed by atoms with E-state index < -0.39 is 11.9 Å². The number of nitrogens with zero attached hydrogens (tertiary/aromatic N) is 2. The van der Waals surface area contributed by atoms with Gasteiger partial charge in [-0.3, -0.25) is 9.59 Å². The van der Waals surface area contributed by atoms with Gasteiger partial charge in [0.1, 0.15) is 11.4 Å². The molecule has 152 valence electrons. The van der Waals surface area contributed by atoms with Gasteiger partial charge in [-0.1, -0.05) is 58.7 Å². The molecule has 0 fully saturated rings. The van der Waals surface area contributed by atoms with Gasteiger partial charge in [-0.25, -0.2) is 0 Å². The number of halogens is 2. The first-order valence-electron chi connectivity index (χ1n) is 8.71. The van der Waals surface area contributed by atoms with Crippen molar-refractivity contribution in [3.63, 3.8) is 0 Å². The molecule has 0 unspecified atom stereocenters. The van der Waals surface area contributed by atoms with Gasteiger partial charge >= 0.3 is 5.97 Å². The Morgan fingerprint density at radius 1 is 1.10 bits per heavy atom. The molecular formula is C20H13Cl2N3O4S. The number of fused-ring (bicyclic) bond motifs is 1. The Labute approximate surface area is 184 Å². The minimum Gasteiger partial charge on any atom is -0.456 e. The summed E-state index contributed by atoms with van der Waals surface area (Å²) < 4.78 is 11.1. The van der Waals surface area contributed by atoms with E-state index >= 15 is 0 Å². The minimum absolute atomic E-state index is 0.178. The van der Waals surface area contributed by atoms with Gasteiger partial charge < -0.3 is 14.6 Å². The topological polar surface area (TPSA) is 94.3 Å². The van der Waals surface area contributed by atoms with Gasteiger partial charge in [0.05, 0.1) is 15.6 Å². The normalized spacial score (nSPS) is 10.9. The average Bonchev–Trinajstić information content (AvgIpc) is 3.36. The van der Waals surface area contributed by atoms with Crippen LogP contribution in [0, 0.1) is 0 Å². The number of carbonyl (C=O) groups is 2. The van der Waals surface area contributed by atoms with Gasteiger partial charge in [-0.05, 0) is 18.2 Å². The first kappa shape index (κ1) is 20.3. The highest BCUT2D eigenvalue weighted by Gasteiger charge is 2.18. The van der Waals surface area contributed by atoms with E-state index in [0.717, 1.165) is 10.1 Å². The van der Waals surface area contributed by atoms with Crippen LogP contribution in [0.5, 0.6) is 0 Å². The number of hydrogen-bond donors (Lipinski definition) is 1. The molecule has 0 saturated carbocycles. The molecule has 2 aromatic carbocycles. The highest BCUT2D eigenvalue weighted by molar-refractivity contribution is 7.21. The highest BCUT2D eigenvalue weighted by Crippen LogP contribution is 2.34. The summed E-state index contributed by atoms with van der Waals surface area (Å²) in [7, 11) is 0. The molecule has 2 aromatic heterocycles. The molecule has 1 N–H and O–H groups in total. The Bertz CT molecular complexity index is 1240. The van der Waals surface area contributed by atoms with Crippen LogP contribution >= 0.6 is 34.5 Å². The summed E-state index contributed by atoms with van der Waals surface area (Å²) in [4.78, 5) is 28.8. The summed E-state index contributed by atoms with van der Waals surface area (Å²) in [6.45, 7) is -0.523. The molecule has 0 bridgehead atoms. The van der Waals surface area contributed by atoms with Crippen molar-refractivity contribution in [2.24, 2.45) is 0 Å². The number of hydrogen-bond acceptors (Lipinski definition) is 7. The number of benzene rings is 2. The van der Waals surface area contributed by atoms with Gasteiger partial charge in [-0.15, -0.1) is 11.3 Å². The predicted octanol–water partition coefficient (Wildman–Crippen LogP) is 4.73. The third-order valence-electron chi connectivity index (χ3n) is 4.07. The van der Waals surface area contributed by atoms with Gasteiger partial charge in [-0.2, -0.15) is 4.98 Å². The van der Waals surface area contributed by atoms with Crippen molar-refractivity contribution in [2.75, 3.05) is 6.54 Å². The lowest BCUT2D eigenvalue weighted by Crippen LogP contribution is -2.30. The first-order chi connectivity index (χ1) is 14.5. The lowest BCUT2D eigenvalue weighted by molar-refractivity contribution is -0.143. The fourth-order valence-corrected chi connectivity index (χ4v) is 4.30. The number of esters is 1. The molecule has 0 saturated heterocycles. The summed E-state index contributed by atoms with van der Waals surface area (Å²) in [6, 6.07) is 14.4. The van der Waals surface area contributed by atoms with Crippen LogP contribution in [0.15, 0.2) is 53.1 Å². The van der Waals surface area contributed by atoms with Crippen LogP contribution in [0.4, 0.5) is 0 Å². The zero-order valence-electron chi connectivity index (χ0n) is 15.2. The SMILES string of the molecule is O=C(CNC(=O)c1sc2ccccc2c1Cl)OCc1noc(-c2ccccc2Cl)n1. The van der Waals surface area contributed by atoms with Crippen LogP contribution in [0.25, 0.3) is 21.5 Å². The van der Waals surface area contributed by atoms with Crippen LogP contribution in [0.1, 0.15) is 15.5 Å². The fraction of sp³-hybridized carbons (Fsp3) is 0.100. The highest BCUT2D eigenvalue weighted by atomic mass is 35.5. The Balaban J connectivity index is 1.31. The summed E-state index contributed by atoms with van der Waals surface area (Å²) >= 11 is 13.6. The molecule has 2 heterocycles. The van der Waals surface area contributed by atoms with Gasteiger partial charge in [0.25, 0.3) is 11.8 Å². The maximum atomic E-state index is 12.4. The molecule has 0 aliphatic rings. The molecule has 0 radical (unpaired) electrons. The molecule has 0 aliphatic carbocycles. The van der Waals surface area contributed by atoms with E-state index in [1.54, 1.807) is 24.3 Å². The predicted molar refractivity (Wildman–Crippen MR) is 114 cm³/mol. The lowest BCUT2D eigenvalue weighted by Gasteiger charge is -2.04. The van der Waals surface area contributed by atoms with Crippen molar-refractivity contribution in [3.8, 4) is 11.5 Å². The van der Waals surface area contributed by atoms with E-state index in [0.29, 0.717) is 20.5 Å². The van der Waals surface area contributed by atoms with Gasteiger partial charge in [0.2, 0.25) is 5.82 Å². The first-order valence-corrected chi connectivity index (χ1v) is 10.3. The maximum absolute atomic E-state index is 12.4. The molecule has 4 aromatic rings. The van der Waals surface area contributed by atoms with E-state index in [4.69, 9.17) is 32.5 Å². The molecule has 0 atom stereocenters. The van der Waals surface area contributed by atoms with Crippen molar-refractivity contribution in [3.05, 3.63) is 69.3 Å². The van der Waals surface area contributed by atoms with E-state index in [1.165, 1.54) is 11.3 Å². The number of ether oxygens (including phenoxy) is 1. The molecule has 4 rings (SSSR count). The molecule has 0 aliphatic heterocycles. The largest absolute Gasteiger partial charge is 0.456 e. The summed E-state index contributed by atoms with van der Waals surface area (Å²) in [6.07, 6.45) is 0. The Morgan fingerprint density at radius 3 is 2.67 bits per heavy atom. The Hall–Kier alpha value is -2.94. The van der Waals surface area contributed by atoms with E-state index in [-0.39, 0.29) is 24.9 Å². The second kappa shape index (κ2) is 8.83. The third kappa shape index (κ3) is 4.30. The second-order valence-corrected chi connectivity index (χ2v) is 7.92. The molecule has 10 heteroatoms. The van der Waals surface area contributed by atoms with Crippen LogP contribution in [-0.4, -0.2) is 28.6 Å². The summed E-state index contributed by atoms with van der Waals surface area (Å²) in [5.74, 6) is -0.695. The molecule has 1 amide bonds. The minimum atomic E-state index is -0.648. The van der Waals surface area contributed by atoms with E-state index in [9.17, 15) is 9.59 Å². The van der Waals surface area contributed by atoms with E-state index in [1.807, 2.05) is 24.3 Å². The number of nitrogens with one attached hydrogen (secondary N) is 1. The monoisotopic (exact) mass is 461 g/mol. The second-order valence-electron chi connectivity index (χ2n) is 6.08. The lowest BCUT2D eigenvalue weighted by atomic mass is 10.2. The molecule has 7 nitrogen and oxygen atoms in total. The summed E-state index contributed by atoms with van der Waals surface area (Å²) in [5, 5.41) is 7.89. The van der Waals surface area contributed by atoms with Crippen molar-refractivity contribution >= 4 is 56.5 Å². The van der Waals surface area contributed by atoms with Gasteiger partial charge in [0, 0.05) is 10.1 Å². The van der Waals surface area contributed by atoms with Gasteiger partial charge in [0.15, 0.2) is 6.61 Å². The maximum Gasteiger partial charge on any atom is 0.325 e. The Kier molecular flexibility index (Phi) is 5.98. The average molecular weight is 462 g/mol. The third-order valence-corrected chi connectivity index (χ3v) is 6.07. The van der Waals surface area contributed by atoms with Crippen LogP contribution in [0.2, 0.25) is 10.0 Å². The number of amides is 1. The van der Waals surface area contributed by atoms with Crippen LogP contribution in [-0.2, 0) is 16.1 Å². The fourth-order valence-electron chi connectivity index (χ4n) is 2.65. The number of rotatable bonds is 6. The van der Waals surface area contributed by atoms with Crippen molar-refractivity contribution in [1.29, 1.82) is 0 Å². The number of thiophene rings is 1. The van der Waals surface area contributed by atoms with Crippen LogP contribution in [0.3, 0.4) is 0 Å². The van der Waals surface area contributed by atoms with Crippen molar-refractivity contribution < 1.29 is 18.8 Å². The number of aromatic nitrogens is 2. The van der Waals surface area contributed by atoms with Crippen molar-refractivity contribution in [1.82, 2.24) is 15.5 Å². The molecule has 30 heavy (non-hydrogen) atoms. The zero-order chi connectivity index (χ0) is 21.1. The molecular weight excluding hydrogens is 449 g/mol. The number of carbonyl (C=O) groups excluding carboxylic acids is 2. The van der Waals surface area contributed by atoms with E-state index in [2.05, 4.69) is 15.5 Å². The van der Waals surface area contributed by atoms with Crippen LogP contribution < -0.4 is 5.32 Å². The quantitative estimate of drug-likeness (QED) is 0.417. The standard InChI is InChI=1S/C20H13Cl2N3O4S/c21-13-7-3-1-5-11(13)20-24-15(25-29-20)10-28-16(26)9-23-19(27)18-17(22)12-6-2-4-8-14(12)30-18/h1-8H,9-10H2,(H,23,27).